The van der Waals surface area contributed by atoms with Gasteiger partial charge in [0, 0.05) is 12.8 Å². The number of carbonyl (C=O) groups excluding carboxylic acids is 2. The molecule has 6 heteroatoms. The number of carboxylic acids is 1. The Hall–Kier alpha value is -1.59. The van der Waals surface area contributed by atoms with Crippen LogP contribution in [0.25, 0.3) is 0 Å². The number of carbonyl (C=O) groups is 3. The van der Waals surface area contributed by atoms with Gasteiger partial charge in [-0.25, -0.2) is 0 Å². The lowest BCUT2D eigenvalue weighted by atomic mass is 10.0. The molecule has 260 valence electrons. The predicted molar refractivity (Wildman–Crippen MR) is 185 cm³/mol. The Morgan fingerprint density at radius 2 is 0.841 bits per heavy atom. The summed E-state index contributed by atoms with van der Waals surface area (Å²) >= 11 is 0. The third kappa shape index (κ3) is 33.3. The van der Waals surface area contributed by atoms with Crippen LogP contribution in [0.15, 0.2) is 0 Å². The minimum Gasteiger partial charge on any atom is -0.480 e. The van der Waals surface area contributed by atoms with Crippen LogP contribution in [0.3, 0.4) is 0 Å². The van der Waals surface area contributed by atoms with Gasteiger partial charge in [0.05, 0.1) is 0 Å². The molecule has 0 radical (unpaired) electrons. The fourth-order valence-corrected chi connectivity index (χ4v) is 5.93. The van der Waals surface area contributed by atoms with Gasteiger partial charge in [0.25, 0.3) is 0 Å². The molecular formula is C38H73NO5. The van der Waals surface area contributed by atoms with Crippen LogP contribution >= 0.6 is 0 Å². The number of aliphatic carboxylic acids is 1. The van der Waals surface area contributed by atoms with E-state index < -0.39 is 5.97 Å². The lowest BCUT2D eigenvalue weighted by molar-refractivity contribution is -0.150. The van der Waals surface area contributed by atoms with Gasteiger partial charge in [-0.1, -0.05) is 162 Å². The van der Waals surface area contributed by atoms with Crippen molar-refractivity contribution in [2.75, 3.05) is 6.54 Å². The lowest BCUT2D eigenvalue weighted by Gasteiger charge is -2.18. The smallest absolute Gasteiger partial charge is 0.322 e. The minimum absolute atomic E-state index is 0.0139. The molecule has 0 saturated heterocycles. The van der Waals surface area contributed by atoms with Gasteiger partial charge in [0.1, 0.15) is 12.6 Å². The van der Waals surface area contributed by atoms with Crippen LogP contribution < -0.4 is 5.32 Å². The normalized spacial score (nSPS) is 11.9. The van der Waals surface area contributed by atoms with Crippen molar-refractivity contribution in [1.82, 2.24) is 5.32 Å². The third-order valence-corrected chi connectivity index (χ3v) is 8.78. The van der Waals surface area contributed by atoms with Crippen molar-refractivity contribution in [2.45, 2.75) is 219 Å². The van der Waals surface area contributed by atoms with E-state index in [1.807, 2.05) is 0 Å². The number of hydrogen-bond donors (Lipinski definition) is 2. The SMILES string of the molecule is CCCCCCCCCCCCCCCCCC(=O)OC(CCCCCCCCC)CCCCCCCC(=O)NCC(=O)O. The fourth-order valence-electron chi connectivity index (χ4n) is 5.93. The molecular weight excluding hydrogens is 550 g/mol. The van der Waals surface area contributed by atoms with Crippen LogP contribution in [0.5, 0.6) is 0 Å². The summed E-state index contributed by atoms with van der Waals surface area (Å²) in [6.07, 6.45) is 36.5. The molecule has 1 atom stereocenters. The molecule has 0 aromatic carbocycles. The van der Waals surface area contributed by atoms with Crippen molar-refractivity contribution in [1.29, 1.82) is 0 Å². The summed E-state index contributed by atoms with van der Waals surface area (Å²) in [4.78, 5) is 34.8. The standard InChI is InChI=1S/C38H73NO5/c1-3-5-7-9-11-12-13-14-15-16-17-18-20-25-29-33-38(43)44-35(30-26-22-19-10-8-6-4-2)31-27-23-21-24-28-32-36(40)39-34-37(41)42/h35H,3-34H2,1-2H3,(H,39,40)(H,41,42). The first-order valence-corrected chi connectivity index (χ1v) is 19.2. The molecule has 1 unspecified atom stereocenters. The lowest BCUT2D eigenvalue weighted by Crippen LogP contribution is -2.28. The van der Waals surface area contributed by atoms with Crippen molar-refractivity contribution in [2.24, 2.45) is 0 Å². The van der Waals surface area contributed by atoms with E-state index in [-0.39, 0.29) is 24.5 Å². The first-order valence-electron chi connectivity index (χ1n) is 19.2. The number of nitrogens with one attached hydrogen (secondary N) is 1. The van der Waals surface area contributed by atoms with Gasteiger partial charge in [-0.05, 0) is 38.5 Å². The van der Waals surface area contributed by atoms with Crippen LogP contribution in [-0.4, -0.2) is 35.6 Å². The van der Waals surface area contributed by atoms with E-state index >= 15 is 0 Å². The van der Waals surface area contributed by atoms with Gasteiger partial charge in [0.2, 0.25) is 5.91 Å². The van der Waals surface area contributed by atoms with Crippen LogP contribution in [0, 0.1) is 0 Å². The largest absolute Gasteiger partial charge is 0.480 e. The number of ether oxygens (including phenoxy) is 1. The number of hydrogen-bond acceptors (Lipinski definition) is 4. The van der Waals surface area contributed by atoms with Crippen molar-refractivity contribution < 1.29 is 24.2 Å². The summed E-state index contributed by atoms with van der Waals surface area (Å²) in [7, 11) is 0. The summed E-state index contributed by atoms with van der Waals surface area (Å²) < 4.78 is 5.98. The highest BCUT2D eigenvalue weighted by Crippen LogP contribution is 2.19. The average molecular weight is 624 g/mol. The minimum atomic E-state index is -1.01. The molecule has 0 aliphatic heterocycles. The van der Waals surface area contributed by atoms with Crippen LogP contribution in [0.2, 0.25) is 0 Å². The van der Waals surface area contributed by atoms with E-state index in [0.29, 0.717) is 12.8 Å². The van der Waals surface area contributed by atoms with Crippen molar-refractivity contribution in [3.8, 4) is 0 Å². The Kier molecular flexibility index (Phi) is 33.0. The monoisotopic (exact) mass is 624 g/mol. The second-order valence-electron chi connectivity index (χ2n) is 13.2. The van der Waals surface area contributed by atoms with Gasteiger partial charge in [-0.3, -0.25) is 14.4 Å². The molecule has 0 bridgehead atoms. The zero-order valence-electron chi connectivity index (χ0n) is 29.3. The number of amides is 1. The average Bonchev–Trinajstić information content (AvgIpc) is 3.00. The zero-order valence-corrected chi connectivity index (χ0v) is 29.3. The summed E-state index contributed by atoms with van der Waals surface area (Å²) in [5.41, 5.74) is 0. The molecule has 0 aliphatic rings. The predicted octanol–water partition coefficient (Wildman–Crippen LogP) is 11.2. The quantitative estimate of drug-likeness (QED) is 0.0541. The van der Waals surface area contributed by atoms with E-state index in [4.69, 9.17) is 9.84 Å². The van der Waals surface area contributed by atoms with E-state index in [2.05, 4.69) is 19.2 Å². The summed E-state index contributed by atoms with van der Waals surface area (Å²) in [5, 5.41) is 11.0. The number of carboxylic acid groups (broad SMARTS) is 1. The van der Waals surface area contributed by atoms with E-state index in [0.717, 1.165) is 64.2 Å². The summed E-state index contributed by atoms with van der Waals surface area (Å²) in [5.74, 6) is -1.22. The first kappa shape index (κ1) is 42.4. The molecule has 0 saturated carbocycles. The maximum Gasteiger partial charge on any atom is 0.322 e. The third-order valence-electron chi connectivity index (χ3n) is 8.78. The summed E-state index contributed by atoms with van der Waals surface area (Å²) in [6.45, 7) is 4.22. The Balaban J connectivity index is 3.99. The van der Waals surface area contributed by atoms with Gasteiger partial charge in [-0.15, -0.1) is 0 Å². The molecule has 6 nitrogen and oxygen atoms in total. The topological polar surface area (TPSA) is 92.7 Å². The Labute approximate surface area is 272 Å². The maximum atomic E-state index is 12.6. The van der Waals surface area contributed by atoms with Crippen molar-refractivity contribution in [3.63, 3.8) is 0 Å². The summed E-state index contributed by atoms with van der Waals surface area (Å²) in [6, 6.07) is 0. The number of esters is 1. The molecule has 0 rings (SSSR count). The molecule has 1 amide bonds. The van der Waals surface area contributed by atoms with Crippen LogP contribution in [0.1, 0.15) is 213 Å². The van der Waals surface area contributed by atoms with Crippen molar-refractivity contribution in [3.05, 3.63) is 0 Å². The maximum absolute atomic E-state index is 12.6. The van der Waals surface area contributed by atoms with Crippen LogP contribution in [0.4, 0.5) is 0 Å². The van der Waals surface area contributed by atoms with E-state index in [1.165, 1.54) is 122 Å². The van der Waals surface area contributed by atoms with Crippen molar-refractivity contribution >= 4 is 17.8 Å². The molecule has 0 aliphatic carbocycles. The molecule has 44 heavy (non-hydrogen) atoms. The second-order valence-corrected chi connectivity index (χ2v) is 13.2. The highest BCUT2D eigenvalue weighted by Gasteiger charge is 2.14. The van der Waals surface area contributed by atoms with Gasteiger partial charge in [0.15, 0.2) is 0 Å². The Bertz CT molecular complexity index is 653. The first-order chi connectivity index (χ1) is 21.5. The van der Waals surface area contributed by atoms with Crippen LogP contribution in [-0.2, 0) is 19.1 Å². The Morgan fingerprint density at radius 3 is 1.23 bits per heavy atom. The highest BCUT2D eigenvalue weighted by atomic mass is 16.5. The van der Waals surface area contributed by atoms with Gasteiger partial charge < -0.3 is 15.2 Å². The number of rotatable bonds is 35. The van der Waals surface area contributed by atoms with E-state index in [1.54, 1.807) is 0 Å². The van der Waals surface area contributed by atoms with E-state index in [9.17, 15) is 14.4 Å². The fraction of sp³-hybridized carbons (Fsp3) is 0.921. The highest BCUT2D eigenvalue weighted by molar-refractivity contribution is 5.80. The van der Waals surface area contributed by atoms with Gasteiger partial charge >= 0.3 is 11.9 Å². The molecule has 0 heterocycles. The Morgan fingerprint density at radius 1 is 0.500 bits per heavy atom. The second kappa shape index (κ2) is 34.3. The molecule has 0 aromatic heterocycles. The molecule has 0 spiro atoms. The molecule has 2 N–H and O–H groups in total. The number of unbranched alkanes of at least 4 members (excludes halogenated alkanes) is 24. The molecule has 0 fully saturated rings. The zero-order chi connectivity index (χ0) is 32.4. The molecule has 0 aromatic rings. The van der Waals surface area contributed by atoms with Gasteiger partial charge in [-0.2, -0.15) is 0 Å².